The van der Waals surface area contributed by atoms with Gasteiger partial charge in [-0.1, -0.05) is 48.5 Å². The summed E-state index contributed by atoms with van der Waals surface area (Å²) in [6.07, 6.45) is 0. The fraction of sp³-hybridized carbons (Fsp3) is 0.0741. The van der Waals surface area contributed by atoms with Crippen molar-refractivity contribution in [2.24, 2.45) is 0 Å². The van der Waals surface area contributed by atoms with Crippen LogP contribution >= 0.6 is 11.8 Å². The molecule has 0 saturated carbocycles. The van der Waals surface area contributed by atoms with Crippen molar-refractivity contribution in [3.63, 3.8) is 0 Å². The number of nitro groups is 1. The summed E-state index contributed by atoms with van der Waals surface area (Å²) in [5.74, 6) is -0.290. The molecule has 0 radical (unpaired) electrons. The molecule has 4 aromatic carbocycles. The summed E-state index contributed by atoms with van der Waals surface area (Å²) < 4.78 is 27.7. The number of hydrogen-bond donors (Lipinski definition) is 2. The third kappa shape index (κ3) is 6.54. The normalized spacial score (nSPS) is 11.9. The SMILES string of the molecule is Cc1cc([N+](=O)[O-])ccc1NC(=O)C(Sc1ccc(NS(=O)(=O)c2ccccc2)cc1)c1ccccc1. The van der Waals surface area contributed by atoms with Gasteiger partial charge in [-0.05, 0) is 60.5 Å². The van der Waals surface area contributed by atoms with Crippen LogP contribution in [0.5, 0.6) is 0 Å². The van der Waals surface area contributed by atoms with Gasteiger partial charge in [-0.2, -0.15) is 0 Å². The Morgan fingerprint density at radius 2 is 1.51 bits per heavy atom. The molecule has 1 unspecified atom stereocenters. The third-order valence-corrected chi connectivity index (χ3v) is 8.10. The number of non-ortho nitro benzene ring substituents is 1. The molecule has 4 rings (SSSR count). The van der Waals surface area contributed by atoms with Crippen molar-refractivity contribution in [3.8, 4) is 0 Å². The highest BCUT2D eigenvalue weighted by Crippen LogP contribution is 2.37. The lowest BCUT2D eigenvalue weighted by atomic mass is 10.1. The molecule has 10 heteroatoms. The summed E-state index contributed by atoms with van der Waals surface area (Å²) in [7, 11) is -3.72. The number of carbonyl (C=O) groups is 1. The Morgan fingerprint density at radius 1 is 0.892 bits per heavy atom. The van der Waals surface area contributed by atoms with Crippen LogP contribution in [0.2, 0.25) is 0 Å². The molecular weight excluding hydrogens is 510 g/mol. The largest absolute Gasteiger partial charge is 0.325 e. The van der Waals surface area contributed by atoms with Crippen LogP contribution in [0.15, 0.2) is 113 Å². The maximum atomic E-state index is 13.3. The van der Waals surface area contributed by atoms with Crippen LogP contribution < -0.4 is 10.0 Å². The minimum atomic E-state index is -3.72. The average Bonchev–Trinajstić information content (AvgIpc) is 2.90. The Labute approximate surface area is 218 Å². The number of benzene rings is 4. The maximum absolute atomic E-state index is 13.3. The monoisotopic (exact) mass is 533 g/mol. The third-order valence-electron chi connectivity index (χ3n) is 5.43. The molecule has 0 aliphatic rings. The number of carbonyl (C=O) groups excluding carboxylic acids is 1. The van der Waals surface area contributed by atoms with E-state index in [9.17, 15) is 23.3 Å². The number of hydrogen-bond acceptors (Lipinski definition) is 6. The van der Waals surface area contributed by atoms with Crippen LogP contribution in [0.3, 0.4) is 0 Å². The van der Waals surface area contributed by atoms with Crippen LogP contribution in [-0.4, -0.2) is 19.2 Å². The Bertz CT molecular complexity index is 1510. The van der Waals surface area contributed by atoms with Gasteiger partial charge in [-0.3, -0.25) is 19.6 Å². The number of amides is 1. The molecule has 0 heterocycles. The Hall–Kier alpha value is -4.15. The van der Waals surface area contributed by atoms with Crippen molar-refractivity contribution in [1.82, 2.24) is 0 Å². The summed E-state index contributed by atoms with van der Waals surface area (Å²) in [6.45, 7) is 1.70. The molecule has 0 aliphatic carbocycles. The van der Waals surface area contributed by atoms with Crippen molar-refractivity contribution >= 4 is 44.8 Å². The zero-order chi connectivity index (χ0) is 26.4. The number of nitrogens with zero attached hydrogens (tertiary/aromatic N) is 1. The van der Waals surface area contributed by atoms with Crippen LogP contribution in [-0.2, 0) is 14.8 Å². The molecular formula is C27H23N3O5S2. The first kappa shape index (κ1) is 25.9. The molecule has 0 aromatic heterocycles. The minimum absolute atomic E-state index is 0.0486. The Kier molecular flexibility index (Phi) is 7.90. The number of aryl methyl sites for hydroxylation is 1. The summed E-state index contributed by atoms with van der Waals surface area (Å²) in [5, 5.41) is 13.3. The molecule has 188 valence electrons. The molecule has 8 nitrogen and oxygen atoms in total. The van der Waals surface area contributed by atoms with Gasteiger partial charge in [-0.15, -0.1) is 11.8 Å². The number of sulfonamides is 1. The zero-order valence-corrected chi connectivity index (χ0v) is 21.3. The summed E-state index contributed by atoms with van der Waals surface area (Å²) in [4.78, 5) is 24.8. The highest BCUT2D eigenvalue weighted by Gasteiger charge is 2.23. The van der Waals surface area contributed by atoms with E-state index in [2.05, 4.69) is 10.0 Å². The van der Waals surface area contributed by atoms with E-state index in [-0.39, 0.29) is 16.5 Å². The van der Waals surface area contributed by atoms with E-state index in [4.69, 9.17) is 0 Å². The van der Waals surface area contributed by atoms with Gasteiger partial charge < -0.3 is 5.32 Å². The molecule has 1 amide bonds. The van der Waals surface area contributed by atoms with E-state index in [1.54, 1.807) is 49.4 Å². The number of thioether (sulfide) groups is 1. The van der Waals surface area contributed by atoms with E-state index >= 15 is 0 Å². The number of rotatable bonds is 9. The fourth-order valence-corrected chi connectivity index (χ4v) is 5.66. The molecule has 0 fully saturated rings. The lowest BCUT2D eigenvalue weighted by molar-refractivity contribution is -0.384. The first-order valence-electron chi connectivity index (χ1n) is 11.2. The van der Waals surface area contributed by atoms with Gasteiger partial charge in [0.15, 0.2) is 0 Å². The molecule has 1 atom stereocenters. The predicted octanol–water partition coefficient (Wildman–Crippen LogP) is 6.18. The van der Waals surface area contributed by atoms with E-state index in [1.165, 1.54) is 42.1 Å². The zero-order valence-electron chi connectivity index (χ0n) is 19.7. The van der Waals surface area contributed by atoms with Crippen LogP contribution in [0.25, 0.3) is 0 Å². The van der Waals surface area contributed by atoms with E-state index in [0.29, 0.717) is 16.9 Å². The Morgan fingerprint density at radius 3 is 2.11 bits per heavy atom. The first-order chi connectivity index (χ1) is 17.7. The average molecular weight is 534 g/mol. The van der Waals surface area contributed by atoms with Gasteiger partial charge >= 0.3 is 0 Å². The van der Waals surface area contributed by atoms with Crippen LogP contribution in [0.1, 0.15) is 16.4 Å². The summed E-state index contributed by atoms with van der Waals surface area (Å²) >= 11 is 1.31. The van der Waals surface area contributed by atoms with Gasteiger partial charge in [0.25, 0.3) is 15.7 Å². The minimum Gasteiger partial charge on any atom is -0.325 e. The summed E-state index contributed by atoms with van der Waals surface area (Å²) in [6, 6.07) is 28.4. The lowest BCUT2D eigenvalue weighted by Gasteiger charge is -2.18. The molecule has 0 bridgehead atoms. The van der Waals surface area contributed by atoms with Crippen molar-refractivity contribution in [2.45, 2.75) is 22.0 Å². The topological polar surface area (TPSA) is 118 Å². The van der Waals surface area contributed by atoms with E-state index < -0.39 is 20.2 Å². The van der Waals surface area contributed by atoms with Crippen molar-refractivity contribution < 1.29 is 18.1 Å². The number of anilines is 2. The fourth-order valence-electron chi connectivity index (χ4n) is 3.55. The summed E-state index contributed by atoms with van der Waals surface area (Å²) in [5.41, 5.74) is 2.19. The molecule has 0 aliphatic heterocycles. The van der Waals surface area contributed by atoms with E-state index in [1.807, 2.05) is 30.3 Å². The van der Waals surface area contributed by atoms with Gasteiger partial charge in [0.05, 0.1) is 9.82 Å². The van der Waals surface area contributed by atoms with Crippen molar-refractivity contribution in [3.05, 3.63) is 124 Å². The standard InChI is InChI=1S/C27H23N3O5S2/c1-19-18-22(30(32)33)14-17-25(19)28-27(31)26(20-8-4-2-5-9-20)36-23-15-12-21(13-16-23)29-37(34,35)24-10-6-3-7-11-24/h2-18,26,29H,1H3,(H,28,31). The van der Waals surface area contributed by atoms with Gasteiger partial charge in [0.2, 0.25) is 5.91 Å². The van der Waals surface area contributed by atoms with Crippen molar-refractivity contribution in [1.29, 1.82) is 0 Å². The van der Waals surface area contributed by atoms with Crippen molar-refractivity contribution in [2.75, 3.05) is 10.0 Å². The molecule has 4 aromatic rings. The molecule has 0 saturated heterocycles. The first-order valence-corrected chi connectivity index (χ1v) is 13.5. The molecule has 37 heavy (non-hydrogen) atoms. The number of nitrogens with one attached hydrogen (secondary N) is 2. The van der Waals surface area contributed by atoms with Gasteiger partial charge in [-0.25, -0.2) is 8.42 Å². The van der Waals surface area contributed by atoms with Crippen LogP contribution in [0.4, 0.5) is 17.1 Å². The predicted molar refractivity (Wildman–Crippen MR) is 145 cm³/mol. The molecule has 2 N–H and O–H groups in total. The number of nitro benzene ring substituents is 1. The second-order valence-corrected chi connectivity index (χ2v) is 11.0. The maximum Gasteiger partial charge on any atom is 0.269 e. The van der Waals surface area contributed by atoms with E-state index in [0.717, 1.165) is 10.5 Å². The second kappa shape index (κ2) is 11.3. The lowest BCUT2D eigenvalue weighted by Crippen LogP contribution is -2.19. The Balaban J connectivity index is 1.53. The van der Waals surface area contributed by atoms with Crippen LogP contribution in [0, 0.1) is 17.0 Å². The second-order valence-electron chi connectivity index (χ2n) is 8.10. The highest BCUT2D eigenvalue weighted by atomic mass is 32.2. The van der Waals surface area contributed by atoms with Gasteiger partial charge in [0, 0.05) is 28.4 Å². The molecule has 0 spiro atoms. The smallest absolute Gasteiger partial charge is 0.269 e. The highest BCUT2D eigenvalue weighted by molar-refractivity contribution is 8.00. The van der Waals surface area contributed by atoms with Gasteiger partial charge in [0.1, 0.15) is 5.25 Å². The quantitative estimate of drug-likeness (QED) is 0.151.